The van der Waals surface area contributed by atoms with Crippen LogP contribution in [-0.2, 0) is 14.3 Å². The standard InChI is InChI=1S/C27H36O3.C2H6/c1-16-14-20(30-25(29)17(16)2)15-19-9-11-22-21-10-8-18-6-5-7-24(28)27(18,4)23(21)12-13-26(19,22)3;1-2/h5,7-8,10,18-23H,6,9,11-15H2,1-4H3;1-2H3. The number of ether oxygens (including phenoxy) is 1. The Bertz CT molecular complexity index is 864. The molecule has 0 bridgehead atoms. The van der Waals surface area contributed by atoms with Crippen LogP contribution in [0.15, 0.2) is 35.5 Å². The van der Waals surface area contributed by atoms with Crippen molar-refractivity contribution in [1.29, 1.82) is 0 Å². The summed E-state index contributed by atoms with van der Waals surface area (Å²) in [4.78, 5) is 25.2. The quantitative estimate of drug-likeness (QED) is 0.350. The Kier molecular flexibility index (Phi) is 6.33. The first kappa shape index (κ1) is 23.5. The third-order valence-electron chi connectivity index (χ3n) is 10.1. The van der Waals surface area contributed by atoms with Gasteiger partial charge in [-0.3, -0.25) is 4.79 Å². The van der Waals surface area contributed by atoms with E-state index >= 15 is 0 Å². The van der Waals surface area contributed by atoms with Gasteiger partial charge in [0.1, 0.15) is 6.10 Å². The molecule has 1 aliphatic heterocycles. The van der Waals surface area contributed by atoms with Crippen LogP contribution in [-0.4, -0.2) is 17.9 Å². The highest BCUT2D eigenvalue weighted by atomic mass is 16.5. The van der Waals surface area contributed by atoms with E-state index in [9.17, 15) is 9.59 Å². The van der Waals surface area contributed by atoms with Gasteiger partial charge in [0.2, 0.25) is 0 Å². The van der Waals surface area contributed by atoms with Crippen molar-refractivity contribution in [3.63, 3.8) is 0 Å². The van der Waals surface area contributed by atoms with Gasteiger partial charge >= 0.3 is 5.97 Å². The largest absolute Gasteiger partial charge is 0.459 e. The van der Waals surface area contributed by atoms with E-state index in [-0.39, 0.29) is 17.5 Å². The molecule has 2 fully saturated rings. The van der Waals surface area contributed by atoms with Gasteiger partial charge in [0.15, 0.2) is 5.78 Å². The lowest BCUT2D eigenvalue weighted by molar-refractivity contribution is -0.147. The summed E-state index contributed by atoms with van der Waals surface area (Å²) in [6.07, 6.45) is 16.5. The van der Waals surface area contributed by atoms with E-state index in [1.807, 2.05) is 26.8 Å². The molecule has 5 aliphatic rings. The maximum atomic E-state index is 13.0. The Hall–Kier alpha value is -1.64. The predicted octanol–water partition coefficient (Wildman–Crippen LogP) is 6.83. The smallest absolute Gasteiger partial charge is 0.333 e. The lowest BCUT2D eigenvalue weighted by Crippen LogP contribution is -2.53. The molecule has 0 radical (unpaired) electrons. The molecule has 0 aromatic rings. The zero-order valence-electron chi connectivity index (χ0n) is 20.9. The maximum Gasteiger partial charge on any atom is 0.333 e. The summed E-state index contributed by atoms with van der Waals surface area (Å²) in [5.74, 6) is 2.84. The molecule has 0 aromatic heterocycles. The van der Waals surface area contributed by atoms with Crippen LogP contribution in [0.25, 0.3) is 0 Å². The minimum atomic E-state index is -0.216. The first-order chi connectivity index (χ1) is 15.2. The third kappa shape index (κ3) is 3.46. The minimum Gasteiger partial charge on any atom is -0.459 e. The van der Waals surface area contributed by atoms with E-state index in [0.717, 1.165) is 31.3 Å². The molecule has 0 N–H and O–H groups in total. The number of allylic oxidation sites excluding steroid dienone is 4. The highest BCUT2D eigenvalue weighted by molar-refractivity contribution is 5.96. The molecule has 0 amide bonds. The monoisotopic (exact) mass is 438 g/mol. The van der Waals surface area contributed by atoms with Crippen molar-refractivity contribution in [2.45, 2.75) is 92.6 Å². The van der Waals surface area contributed by atoms with Crippen LogP contribution in [0.1, 0.15) is 86.5 Å². The number of hydrogen-bond donors (Lipinski definition) is 0. The van der Waals surface area contributed by atoms with Crippen LogP contribution < -0.4 is 0 Å². The Morgan fingerprint density at radius 1 is 1.03 bits per heavy atom. The zero-order valence-corrected chi connectivity index (χ0v) is 20.9. The molecule has 8 unspecified atom stereocenters. The second kappa shape index (κ2) is 8.61. The molecule has 5 rings (SSSR count). The number of carbonyl (C=O) groups excluding carboxylic acids is 2. The fourth-order valence-electron chi connectivity index (χ4n) is 7.99. The van der Waals surface area contributed by atoms with Gasteiger partial charge in [-0.1, -0.05) is 51.5 Å². The lowest BCUT2D eigenvalue weighted by atomic mass is 9.47. The number of carbonyl (C=O) groups is 2. The van der Waals surface area contributed by atoms with E-state index in [4.69, 9.17) is 4.74 Å². The van der Waals surface area contributed by atoms with Gasteiger partial charge < -0.3 is 4.74 Å². The molecule has 0 spiro atoms. The van der Waals surface area contributed by atoms with E-state index in [1.54, 1.807) is 0 Å². The fourth-order valence-corrected chi connectivity index (χ4v) is 7.99. The van der Waals surface area contributed by atoms with Crippen LogP contribution in [0.2, 0.25) is 0 Å². The second-order valence-corrected chi connectivity index (χ2v) is 11.3. The first-order valence-electron chi connectivity index (χ1n) is 13.0. The number of esters is 1. The van der Waals surface area contributed by atoms with Crippen molar-refractivity contribution >= 4 is 11.8 Å². The Balaban J connectivity index is 0.00000119. The van der Waals surface area contributed by atoms with Crippen LogP contribution in [0.4, 0.5) is 0 Å². The van der Waals surface area contributed by atoms with Gasteiger partial charge in [-0.05, 0) is 93.5 Å². The number of cyclic esters (lactones) is 1. The minimum absolute atomic E-state index is 0.0355. The molecular weight excluding hydrogens is 396 g/mol. The van der Waals surface area contributed by atoms with Gasteiger partial charge in [-0.2, -0.15) is 0 Å². The van der Waals surface area contributed by atoms with Gasteiger partial charge in [0.05, 0.1) is 0 Å². The average Bonchev–Trinajstić information content (AvgIpc) is 3.10. The van der Waals surface area contributed by atoms with E-state index in [0.29, 0.717) is 40.8 Å². The maximum absolute atomic E-state index is 13.0. The summed E-state index contributed by atoms with van der Waals surface area (Å²) in [5, 5.41) is 0. The lowest BCUT2D eigenvalue weighted by Gasteiger charge is -2.56. The molecule has 32 heavy (non-hydrogen) atoms. The number of ketones is 1. The van der Waals surface area contributed by atoms with E-state index in [2.05, 4.69) is 39.0 Å². The summed E-state index contributed by atoms with van der Waals surface area (Å²) in [5.41, 5.74) is 2.06. The highest BCUT2D eigenvalue weighted by Crippen LogP contribution is 2.65. The molecule has 2 saturated carbocycles. The molecular formula is C29H42O3. The molecule has 0 aromatic carbocycles. The van der Waals surface area contributed by atoms with Crippen molar-refractivity contribution in [3.05, 3.63) is 35.5 Å². The molecule has 1 heterocycles. The predicted molar refractivity (Wildman–Crippen MR) is 129 cm³/mol. The van der Waals surface area contributed by atoms with E-state index < -0.39 is 0 Å². The summed E-state index contributed by atoms with van der Waals surface area (Å²) in [6.45, 7) is 12.7. The van der Waals surface area contributed by atoms with E-state index in [1.165, 1.54) is 24.8 Å². The SMILES string of the molecule is CC.CC1=C(C)C(=O)OC(CC2CCC3C4C=CC5CC=CC(=O)C5(C)C4CCC23C)C1. The summed E-state index contributed by atoms with van der Waals surface area (Å²) in [6, 6.07) is 0. The summed E-state index contributed by atoms with van der Waals surface area (Å²) < 4.78 is 5.80. The number of rotatable bonds is 2. The van der Waals surface area contributed by atoms with Gasteiger partial charge in [0.25, 0.3) is 0 Å². The Morgan fingerprint density at radius 3 is 2.50 bits per heavy atom. The molecule has 3 heteroatoms. The summed E-state index contributed by atoms with van der Waals surface area (Å²) in [7, 11) is 0. The Morgan fingerprint density at radius 2 is 1.78 bits per heavy atom. The zero-order chi connectivity index (χ0) is 23.3. The van der Waals surface area contributed by atoms with Crippen LogP contribution in [0, 0.1) is 40.4 Å². The topological polar surface area (TPSA) is 43.4 Å². The molecule has 0 saturated heterocycles. The van der Waals surface area contributed by atoms with Crippen molar-refractivity contribution in [2.75, 3.05) is 0 Å². The van der Waals surface area contributed by atoms with Crippen molar-refractivity contribution in [3.8, 4) is 0 Å². The van der Waals surface area contributed by atoms with Crippen molar-refractivity contribution in [1.82, 2.24) is 0 Å². The third-order valence-corrected chi connectivity index (χ3v) is 10.1. The highest BCUT2D eigenvalue weighted by Gasteiger charge is 2.60. The summed E-state index contributed by atoms with van der Waals surface area (Å²) >= 11 is 0. The first-order valence-corrected chi connectivity index (χ1v) is 13.0. The molecule has 4 aliphatic carbocycles. The Labute approximate surface area is 194 Å². The second-order valence-electron chi connectivity index (χ2n) is 11.3. The van der Waals surface area contributed by atoms with Crippen LogP contribution in [0.3, 0.4) is 0 Å². The van der Waals surface area contributed by atoms with Gasteiger partial charge in [-0.25, -0.2) is 4.79 Å². The molecule has 3 nitrogen and oxygen atoms in total. The molecule has 176 valence electrons. The van der Waals surface area contributed by atoms with Gasteiger partial charge in [-0.15, -0.1) is 0 Å². The van der Waals surface area contributed by atoms with Gasteiger partial charge in [0, 0.05) is 17.4 Å². The molecule has 8 atom stereocenters. The van der Waals surface area contributed by atoms with Crippen molar-refractivity contribution in [2.24, 2.45) is 40.4 Å². The normalized spacial score (nSPS) is 44.8. The van der Waals surface area contributed by atoms with Crippen LogP contribution in [0.5, 0.6) is 0 Å². The number of fused-ring (bicyclic) bond motifs is 5. The fraction of sp³-hybridized carbons (Fsp3) is 0.724. The number of hydrogen-bond acceptors (Lipinski definition) is 3. The average molecular weight is 439 g/mol. The van der Waals surface area contributed by atoms with Crippen LogP contribution >= 0.6 is 0 Å². The van der Waals surface area contributed by atoms with Crippen molar-refractivity contribution < 1.29 is 14.3 Å².